The third kappa shape index (κ3) is 2.85. The molecule has 0 spiro atoms. The van der Waals surface area contributed by atoms with Crippen molar-refractivity contribution < 1.29 is 14.1 Å². The monoisotopic (exact) mass is 371 g/mol. The summed E-state index contributed by atoms with van der Waals surface area (Å²) in [6.07, 6.45) is 2.59. The number of nitrogens with zero attached hydrogens (tertiary/aromatic N) is 3. The Bertz CT molecular complexity index is 948. The van der Waals surface area contributed by atoms with Gasteiger partial charge in [-0.2, -0.15) is 0 Å². The molecule has 0 amide bonds. The van der Waals surface area contributed by atoms with Crippen LogP contribution in [0.2, 0.25) is 5.02 Å². The molecular formula is C19H18ClN3O3. The first-order valence-electron chi connectivity index (χ1n) is 8.47. The second-order valence-corrected chi connectivity index (χ2v) is 6.91. The second kappa shape index (κ2) is 6.70. The molecule has 1 aromatic carbocycles. The van der Waals surface area contributed by atoms with E-state index in [0.717, 1.165) is 6.29 Å². The smallest absolute Gasteiger partial charge is 0.188 e. The fraction of sp³-hybridized carbons (Fsp3) is 0.316. The summed E-state index contributed by atoms with van der Waals surface area (Å²) >= 11 is 6.66. The Hall–Kier alpha value is -2.44. The van der Waals surface area contributed by atoms with E-state index in [1.54, 1.807) is 12.3 Å². The van der Waals surface area contributed by atoms with Gasteiger partial charge in [-0.1, -0.05) is 22.8 Å². The number of rotatable bonds is 3. The lowest BCUT2D eigenvalue weighted by molar-refractivity contribution is -0.00524. The van der Waals surface area contributed by atoms with E-state index in [9.17, 15) is 4.79 Å². The van der Waals surface area contributed by atoms with E-state index in [2.05, 4.69) is 15.0 Å². The van der Waals surface area contributed by atoms with E-state index in [1.807, 2.05) is 32.0 Å². The van der Waals surface area contributed by atoms with Crippen molar-refractivity contribution in [3.63, 3.8) is 0 Å². The van der Waals surface area contributed by atoms with E-state index >= 15 is 0 Å². The van der Waals surface area contributed by atoms with Crippen molar-refractivity contribution >= 4 is 34.5 Å². The molecule has 7 heteroatoms. The zero-order valence-electron chi connectivity index (χ0n) is 14.5. The number of aldehydes is 1. The van der Waals surface area contributed by atoms with E-state index in [-0.39, 0.29) is 12.2 Å². The first kappa shape index (κ1) is 17.0. The summed E-state index contributed by atoms with van der Waals surface area (Å²) in [5, 5.41) is 5.20. The number of anilines is 1. The Labute approximate surface area is 155 Å². The highest BCUT2D eigenvalue weighted by Crippen LogP contribution is 2.40. The quantitative estimate of drug-likeness (QED) is 0.649. The van der Waals surface area contributed by atoms with E-state index in [4.69, 9.17) is 20.9 Å². The number of fused-ring (bicyclic) bond motifs is 1. The lowest BCUT2D eigenvalue weighted by Gasteiger charge is -2.37. The summed E-state index contributed by atoms with van der Waals surface area (Å²) in [5.74, 6) is 0. The number of ether oxygens (including phenoxy) is 1. The zero-order valence-corrected chi connectivity index (χ0v) is 15.2. The average molecular weight is 372 g/mol. The summed E-state index contributed by atoms with van der Waals surface area (Å²) < 4.78 is 11.3. The lowest BCUT2D eigenvalue weighted by atomic mass is 10.1. The number of carbonyl (C=O) groups excluding carboxylic acids is 1. The molecule has 1 fully saturated rings. The normalized spacial score (nSPS) is 20.5. The number of morpholine rings is 1. The molecule has 1 aliphatic heterocycles. The molecule has 6 nitrogen and oxygen atoms in total. The van der Waals surface area contributed by atoms with Crippen LogP contribution in [0.5, 0.6) is 0 Å². The molecular weight excluding hydrogens is 354 g/mol. The maximum Gasteiger partial charge on any atom is 0.188 e. The van der Waals surface area contributed by atoms with Crippen LogP contribution < -0.4 is 4.90 Å². The summed E-state index contributed by atoms with van der Waals surface area (Å²) in [6.45, 7) is 5.31. The van der Waals surface area contributed by atoms with Crippen molar-refractivity contribution in [3.05, 3.63) is 41.0 Å². The number of hydrogen-bond donors (Lipinski definition) is 0. The predicted molar refractivity (Wildman–Crippen MR) is 99.9 cm³/mol. The maximum absolute atomic E-state index is 11.8. The van der Waals surface area contributed by atoms with Crippen molar-refractivity contribution in [2.75, 3.05) is 18.0 Å². The van der Waals surface area contributed by atoms with Crippen LogP contribution in [-0.4, -0.2) is 41.7 Å². The molecule has 134 valence electrons. The number of carbonyl (C=O) groups is 1. The minimum atomic E-state index is 0.0452. The van der Waals surface area contributed by atoms with Gasteiger partial charge in [-0.25, -0.2) is 0 Å². The van der Waals surface area contributed by atoms with Gasteiger partial charge in [0.05, 0.1) is 29.0 Å². The maximum atomic E-state index is 11.8. The van der Waals surface area contributed by atoms with Gasteiger partial charge in [0.1, 0.15) is 10.7 Å². The third-order valence-electron chi connectivity index (χ3n) is 4.48. The molecule has 1 aliphatic rings. The minimum Gasteiger partial charge on any atom is -0.372 e. The highest BCUT2D eigenvalue weighted by atomic mass is 35.5. The standard InChI is InChI=1S/C19H18ClN3O3/c1-11-8-23(9-12(2)25-11)18-13(10-24)7-14-17(15-5-3-4-6-21-15)22-26-19(14)16(18)20/h3-7,10-12H,8-9H2,1-2H3. The molecule has 4 rings (SSSR count). The van der Waals surface area contributed by atoms with Gasteiger partial charge >= 0.3 is 0 Å². The second-order valence-electron chi connectivity index (χ2n) is 6.53. The first-order valence-corrected chi connectivity index (χ1v) is 8.85. The van der Waals surface area contributed by atoms with Crippen molar-refractivity contribution in [2.45, 2.75) is 26.1 Å². The van der Waals surface area contributed by atoms with Crippen LogP contribution in [0.1, 0.15) is 24.2 Å². The molecule has 0 aliphatic carbocycles. The summed E-state index contributed by atoms with van der Waals surface area (Å²) in [5.41, 5.74) is 2.87. The topological polar surface area (TPSA) is 68.5 Å². The zero-order chi connectivity index (χ0) is 18.3. The summed E-state index contributed by atoms with van der Waals surface area (Å²) in [4.78, 5) is 18.2. The number of pyridine rings is 1. The van der Waals surface area contributed by atoms with Crippen LogP contribution in [0.3, 0.4) is 0 Å². The molecule has 0 N–H and O–H groups in total. The Morgan fingerprint density at radius 2 is 2.04 bits per heavy atom. The van der Waals surface area contributed by atoms with Crippen LogP contribution in [0.25, 0.3) is 22.4 Å². The van der Waals surface area contributed by atoms with Gasteiger partial charge in [0, 0.05) is 24.8 Å². The number of benzene rings is 1. The first-order chi connectivity index (χ1) is 12.6. The molecule has 3 aromatic rings. The van der Waals surface area contributed by atoms with Crippen LogP contribution in [0.4, 0.5) is 5.69 Å². The Morgan fingerprint density at radius 3 is 2.69 bits per heavy atom. The molecule has 2 unspecified atom stereocenters. The molecule has 2 atom stereocenters. The van der Waals surface area contributed by atoms with Crippen molar-refractivity contribution in [1.29, 1.82) is 0 Å². The molecule has 2 aromatic heterocycles. The van der Waals surface area contributed by atoms with Gasteiger partial charge in [-0.15, -0.1) is 0 Å². The summed E-state index contributed by atoms with van der Waals surface area (Å²) in [7, 11) is 0. The molecule has 0 bridgehead atoms. The van der Waals surface area contributed by atoms with Gasteiger partial charge in [0.2, 0.25) is 0 Å². The van der Waals surface area contributed by atoms with Crippen LogP contribution in [0, 0.1) is 0 Å². The highest BCUT2D eigenvalue weighted by Gasteiger charge is 2.28. The van der Waals surface area contributed by atoms with Crippen LogP contribution in [-0.2, 0) is 4.74 Å². The summed E-state index contributed by atoms with van der Waals surface area (Å²) in [6, 6.07) is 7.31. The predicted octanol–water partition coefficient (Wildman–Crippen LogP) is 3.97. The molecule has 0 radical (unpaired) electrons. The minimum absolute atomic E-state index is 0.0452. The van der Waals surface area contributed by atoms with Crippen molar-refractivity contribution in [1.82, 2.24) is 10.1 Å². The number of halogens is 1. The number of hydrogen-bond acceptors (Lipinski definition) is 6. The third-order valence-corrected chi connectivity index (χ3v) is 4.83. The van der Waals surface area contributed by atoms with Gasteiger partial charge in [0.25, 0.3) is 0 Å². The fourth-order valence-corrected chi connectivity index (χ4v) is 3.87. The fourth-order valence-electron chi connectivity index (χ4n) is 3.51. The Balaban J connectivity index is 1.88. The molecule has 3 heterocycles. The Kier molecular flexibility index (Phi) is 4.38. The Morgan fingerprint density at radius 1 is 1.27 bits per heavy atom. The van der Waals surface area contributed by atoms with E-state index in [1.165, 1.54) is 0 Å². The van der Waals surface area contributed by atoms with Gasteiger partial charge in [-0.3, -0.25) is 9.78 Å². The SMILES string of the molecule is CC1CN(c2c(C=O)cc3c(-c4ccccn4)noc3c2Cl)CC(C)O1. The highest BCUT2D eigenvalue weighted by molar-refractivity contribution is 6.38. The lowest BCUT2D eigenvalue weighted by Crippen LogP contribution is -2.46. The van der Waals surface area contributed by atoms with Gasteiger partial charge in [0.15, 0.2) is 11.9 Å². The molecule has 26 heavy (non-hydrogen) atoms. The molecule has 0 saturated carbocycles. The van der Waals surface area contributed by atoms with Crippen LogP contribution in [0.15, 0.2) is 35.0 Å². The number of aromatic nitrogens is 2. The van der Waals surface area contributed by atoms with Crippen LogP contribution >= 0.6 is 11.6 Å². The van der Waals surface area contributed by atoms with E-state index in [0.29, 0.717) is 51.7 Å². The van der Waals surface area contributed by atoms with E-state index < -0.39 is 0 Å². The van der Waals surface area contributed by atoms with Crippen molar-refractivity contribution in [2.24, 2.45) is 0 Å². The van der Waals surface area contributed by atoms with Crippen molar-refractivity contribution in [3.8, 4) is 11.4 Å². The average Bonchev–Trinajstić information content (AvgIpc) is 3.05. The molecule has 1 saturated heterocycles. The van der Waals surface area contributed by atoms with Gasteiger partial charge in [-0.05, 0) is 32.0 Å². The largest absolute Gasteiger partial charge is 0.372 e. The van der Waals surface area contributed by atoms with Gasteiger partial charge < -0.3 is 14.2 Å².